The number of aliphatic hydroxyl groups is 1. The minimum Gasteiger partial charge on any atom is -0.396 e. The predicted molar refractivity (Wildman–Crippen MR) is 86.0 cm³/mol. The highest BCUT2D eigenvalue weighted by atomic mass is 16.3. The van der Waals surface area contributed by atoms with E-state index in [1.54, 1.807) is 0 Å². The maximum Gasteiger partial charge on any atom is 0.0436 e. The van der Waals surface area contributed by atoms with E-state index in [9.17, 15) is 0 Å². The van der Waals surface area contributed by atoms with Crippen molar-refractivity contribution in [3.8, 4) is 0 Å². The fourth-order valence-electron chi connectivity index (χ4n) is 2.86. The summed E-state index contributed by atoms with van der Waals surface area (Å²) >= 11 is 0. The first-order valence-electron chi connectivity index (χ1n) is 8.04. The maximum absolute atomic E-state index is 9.07. The molecule has 0 atom stereocenters. The van der Waals surface area contributed by atoms with Gasteiger partial charge in [-0.3, -0.25) is 9.88 Å². The second-order valence-corrected chi connectivity index (χ2v) is 6.93. The third kappa shape index (κ3) is 5.73. The van der Waals surface area contributed by atoms with Gasteiger partial charge in [-0.1, -0.05) is 19.9 Å². The van der Waals surface area contributed by atoms with E-state index in [0.29, 0.717) is 6.04 Å². The fourth-order valence-corrected chi connectivity index (χ4v) is 2.86. The number of likely N-dealkylation sites (tertiary alicyclic amines) is 1. The molecule has 0 amide bonds. The van der Waals surface area contributed by atoms with Gasteiger partial charge in [0.2, 0.25) is 0 Å². The third-order valence-electron chi connectivity index (χ3n) is 4.37. The monoisotopic (exact) mass is 291 g/mol. The Bertz CT molecular complexity index is 400. The second-order valence-electron chi connectivity index (χ2n) is 6.93. The number of nitrogens with zero attached hydrogens (tertiary/aromatic N) is 2. The van der Waals surface area contributed by atoms with Crippen molar-refractivity contribution in [1.29, 1.82) is 0 Å². The van der Waals surface area contributed by atoms with Gasteiger partial charge in [0.25, 0.3) is 0 Å². The lowest BCUT2D eigenvalue weighted by molar-refractivity contribution is 0.168. The van der Waals surface area contributed by atoms with Crippen molar-refractivity contribution in [3.05, 3.63) is 30.1 Å². The minimum atomic E-state index is 0.182. The van der Waals surface area contributed by atoms with Crippen LogP contribution in [0.4, 0.5) is 0 Å². The summed E-state index contributed by atoms with van der Waals surface area (Å²) in [6.07, 6.45) is 7.06. The molecule has 1 fully saturated rings. The van der Waals surface area contributed by atoms with Crippen molar-refractivity contribution in [2.24, 2.45) is 5.41 Å². The summed E-state index contributed by atoms with van der Waals surface area (Å²) in [5, 5.41) is 12.8. The summed E-state index contributed by atoms with van der Waals surface area (Å²) in [7, 11) is 0. The second kappa shape index (κ2) is 7.87. The summed E-state index contributed by atoms with van der Waals surface area (Å²) in [5.41, 5.74) is 1.48. The summed E-state index contributed by atoms with van der Waals surface area (Å²) < 4.78 is 0. The van der Waals surface area contributed by atoms with E-state index < -0.39 is 0 Å². The highest BCUT2D eigenvalue weighted by molar-refractivity contribution is 5.08. The number of hydrogen-bond donors (Lipinski definition) is 2. The first-order chi connectivity index (χ1) is 10.1. The molecular formula is C17H29N3O. The molecule has 1 aliphatic rings. The van der Waals surface area contributed by atoms with Crippen LogP contribution in [-0.2, 0) is 6.54 Å². The van der Waals surface area contributed by atoms with Gasteiger partial charge < -0.3 is 10.4 Å². The third-order valence-corrected chi connectivity index (χ3v) is 4.37. The lowest BCUT2D eigenvalue weighted by atomic mass is 9.89. The number of nitrogens with one attached hydrogen (secondary N) is 1. The Balaban J connectivity index is 1.69. The Hall–Kier alpha value is -0.970. The normalized spacial score (nSPS) is 18.0. The molecule has 0 bridgehead atoms. The summed E-state index contributed by atoms with van der Waals surface area (Å²) in [6.45, 7) is 9.00. The Labute approximate surface area is 128 Å². The van der Waals surface area contributed by atoms with Crippen LogP contribution in [0.2, 0.25) is 0 Å². The Morgan fingerprint density at radius 3 is 2.76 bits per heavy atom. The van der Waals surface area contributed by atoms with Crippen LogP contribution >= 0.6 is 0 Å². The van der Waals surface area contributed by atoms with Gasteiger partial charge in [0.15, 0.2) is 0 Å². The highest BCUT2D eigenvalue weighted by Gasteiger charge is 2.22. The average Bonchev–Trinajstić information content (AvgIpc) is 2.48. The molecule has 118 valence electrons. The quantitative estimate of drug-likeness (QED) is 0.807. The van der Waals surface area contributed by atoms with Crippen LogP contribution in [0.25, 0.3) is 0 Å². The van der Waals surface area contributed by atoms with E-state index in [4.69, 9.17) is 5.11 Å². The van der Waals surface area contributed by atoms with Crippen LogP contribution in [0.3, 0.4) is 0 Å². The van der Waals surface area contributed by atoms with Crippen molar-refractivity contribution in [3.63, 3.8) is 0 Å². The molecule has 0 spiro atoms. The molecule has 0 radical (unpaired) electrons. The molecule has 0 saturated carbocycles. The fraction of sp³-hybridized carbons (Fsp3) is 0.706. The molecule has 4 nitrogen and oxygen atoms in total. The summed E-state index contributed by atoms with van der Waals surface area (Å²) in [5.74, 6) is 0. The summed E-state index contributed by atoms with van der Waals surface area (Å²) in [4.78, 5) is 6.69. The SMILES string of the molecule is CC(C)(CCO)CNC1CCN(Cc2cccnc2)CC1. The maximum atomic E-state index is 9.07. The molecular weight excluding hydrogens is 262 g/mol. The summed E-state index contributed by atoms with van der Waals surface area (Å²) in [6, 6.07) is 4.77. The number of aromatic nitrogens is 1. The number of aliphatic hydroxyl groups excluding tert-OH is 1. The van der Waals surface area contributed by atoms with E-state index in [0.717, 1.165) is 32.6 Å². The largest absolute Gasteiger partial charge is 0.396 e. The molecule has 1 aromatic rings. The molecule has 21 heavy (non-hydrogen) atoms. The Morgan fingerprint density at radius 2 is 2.14 bits per heavy atom. The standard InChI is InChI=1S/C17H29N3O/c1-17(2,7-11-21)14-19-16-5-9-20(10-6-16)13-15-4-3-8-18-12-15/h3-4,8,12,16,19,21H,5-7,9-11,13-14H2,1-2H3. The van der Waals surface area contributed by atoms with Gasteiger partial charge in [0.05, 0.1) is 0 Å². The van der Waals surface area contributed by atoms with Crippen molar-refractivity contribution in [2.75, 3.05) is 26.2 Å². The smallest absolute Gasteiger partial charge is 0.0436 e. The predicted octanol–water partition coefficient (Wildman–Crippen LogP) is 2.04. The molecule has 0 aromatic carbocycles. The first kappa shape index (κ1) is 16.4. The van der Waals surface area contributed by atoms with E-state index in [2.05, 4.69) is 35.1 Å². The zero-order valence-electron chi connectivity index (χ0n) is 13.4. The van der Waals surface area contributed by atoms with Gasteiger partial charge >= 0.3 is 0 Å². The van der Waals surface area contributed by atoms with Gasteiger partial charge in [-0.15, -0.1) is 0 Å². The number of pyridine rings is 1. The van der Waals surface area contributed by atoms with Gasteiger partial charge in [-0.05, 0) is 49.4 Å². The molecule has 0 unspecified atom stereocenters. The van der Waals surface area contributed by atoms with Crippen molar-refractivity contribution in [2.45, 2.75) is 45.7 Å². The van der Waals surface area contributed by atoms with Crippen LogP contribution in [0.1, 0.15) is 38.7 Å². The zero-order valence-corrected chi connectivity index (χ0v) is 13.4. The van der Waals surface area contributed by atoms with E-state index in [1.165, 1.54) is 18.4 Å². The van der Waals surface area contributed by atoms with E-state index in [-0.39, 0.29) is 12.0 Å². The van der Waals surface area contributed by atoms with Crippen LogP contribution in [-0.4, -0.2) is 47.3 Å². The number of rotatable bonds is 7. The molecule has 1 aliphatic heterocycles. The minimum absolute atomic E-state index is 0.182. The molecule has 4 heteroatoms. The van der Waals surface area contributed by atoms with Crippen LogP contribution in [0, 0.1) is 5.41 Å². The highest BCUT2D eigenvalue weighted by Crippen LogP contribution is 2.20. The van der Waals surface area contributed by atoms with Gasteiger partial charge in [0, 0.05) is 38.1 Å². The van der Waals surface area contributed by atoms with Crippen LogP contribution in [0.5, 0.6) is 0 Å². The molecule has 0 aliphatic carbocycles. The van der Waals surface area contributed by atoms with E-state index in [1.807, 2.05) is 18.5 Å². The van der Waals surface area contributed by atoms with Gasteiger partial charge in [-0.2, -0.15) is 0 Å². The lowest BCUT2D eigenvalue weighted by Gasteiger charge is -2.34. The van der Waals surface area contributed by atoms with Gasteiger partial charge in [-0.25, -0.2) is 0 Å². The molecule has 2 N–H and O–H groups in total. The Kier molecular flexibility index (Phi) is 6.15. The molecule has 2 heterocycles. The number of piperidine rings is 1. The molecule has 1 aromatic heterocycles. The average molecular weight is 291 g/mol. The van der Waals surface area contributed by atoms with Crippen molar-refractivity contribution in [1.82, 2.24) is 15.2 Å². The van der Waals surface area contributed by atoms with Crippen LogP contribution < -0.4 is 5.32 Å². The van der Waals surface area contributed by atoms with Crippen molar-refractivity contribution < 1.29 is 5.11 Å². The van der Waals surface area contributed by atoms with Crippen molar-refractivity contribution >= 4 is 0 Å². The first-order valence-corrected chi connectivity index (χ1v) is 8.04. The van der Waals surface area contributed by atoms with Crippen LogP contribution in [0.15, 0.2) is 24.5 Å². The Morgan fingerprint density at radius 1 is 1.38 bits per heavy atom. The van der Waals surface area contributed by atoms with E-state index >= 15 is 0 Å². The zero-order chi connectivity index (χ0) is 15.1. The lowest BCUT2D eigenvalue weighted by Crippen LogP contribution is -2.45. The number of hydrogen-bond acceptors (Lipinski definition) is 4. The molecule has 2 rings (SSSR count). The topological polar surface area (TPSA) is 48.4 Å². The van der Waals surface area contributed by atoms with Gasteiger partial charge in [0.1, 0.15) is 0 Å². The molecule has 1 saturated heterocycles.